The average molecular weight is 466 g/mol. The zero-order chi connectivity index (χ0) is 23.8. The zero-order valence-electron chi connectivity index (χ0n) is 18.8. The van der Waals surface area contributed by atoms with E-state index in [4.69, 9.17) is 0 Å². The highest BCUT2D eigenvalue weighted by Gasteiger charge is 2.33. The third kappa shape index (κ3) is 3.98. The molecule has 1 atom stereocenters. The van der Waals surface area contributed by atoms with Gasteiger partial charge in [0, 0.05) is 43.4 Å². The molecule has 2 heterocycles. The van der Waals surface area contributed by atoms with Gasteiger partial charge in [0.15, 0.2) is 0 Å². The van der Waals surface area contributed by atoms with Gasteiger partial charge in [0.05, 0.1) is 32.8 Å². The van der Waals surface area contributed by atoms with Crippen molar-refractivity contribution in [3.8, 4) is 11.1 Å². The second-order valence-corrected chi connectivity index (χ2v) is 9.31. The third-order valence-electron chi connectivity index (χ3n) is 7.22. The lowest BCUT2D eigenvalue weighted by Gasteiger charge is -2.23. The van der Waals surface area contributed by atoms with Gasteiger partial charge in [-0.3, -0.25) is 20.2 Å². The molecule has 1 saturated carbocycles. The first-order valence-electron chi connectivity index (χ1n) is 11.8. The molecule has 0 amide bonds. The predicted molar refractivity (Wildman–Crippen MR) is 128 cm³/mol. The molecule has 0 bridgehead atoms. The van der Waals surface area contributed by atoms with E-state index in [1.807, 2.05) is 17.3 Å². The topological polar surface area (TPSA) is 128 Å². The van der Waals surface area contributed by atoms with Gasteiger partial charge in [-0.2, -0.15) is 0 Å². The van der Waals surface area contributed by atoms with Gasteiger partial charge in [0.2, 0.25) is 0 Å². The average Bonchev–Trinajstić information content (AvgIpc) is 3.50. The van der Waals surface area contributed by atoms with Gasteiger partial charge in [-0.05, 0) is 43.0 Å². The molecule has 0 spiro atoms. The molecule has 2 aromatic carbocycles. The zero-order valence-corrected chi connectivity index (χ0v) is 18.8. The summed E-state index contributed by atoms with van der Waals surface area (Å²) in [6, 6.07) is 8.82. The number of nitro benzene ring substituents is 2. The van der Waals surface area contributed by atoms with Crippen molar-refractivity contribution in [2.75, 3.05) is 24.6 Å². The Morgan fingerprint density at radius 2 is 1.82 bits per heavy atom. The van der Waals surface area contributed by atoms with Gasteiger partial charge < -0.3 is 14.6 Å². The van der Waals surface area contributed by atoms with Crippen LogP contribution in [0.2, 0.25) is 0 Å². The number of aliphatic hydroxyl groups excluding tert-OH is 1. The third-order valence-corrected chi connectivity index (χ3v) is 7.22. The van der Waals surface area contributed by atoms with Crippen molar-refractivity contribution in [3.63, 3.8) is 0 Å². The highest BCUT2D eigenvalue weighted by Crippen LogP contribution is 2.43. The van der Waals surface area contributed by atoms with E-state index in [0.29, 0.717) is 35.9 Å². The number of hydrogen-bond donors (Lipinski definition) is 1. The quantitative estimate of drug-likeness (QED) is 0.407. The second-order valence-electron chi connectivity index (χ2n) is 9.31. The number of nitrogens with zero attached hydrogens (tertiary/aromatic N) is 5. The fraction of sp³-hybridized carbons (Fsp3) is 0.458. The van der Waals surface area contributed by atoms with Gasteiger partial charge in [0.25, 0.3) is 0 Å². The van der Waals surface area contributed by atoms with Crippen molar-refractivity contribution in [2.24, 2.45) is 5.92 Å². The maximum absolute atomic E-state index is 12.0. The van der Waals surface area contributed by atoms with Crippen LogP contribution in [0.4, 0.5) is 17.1 Å². The van der Waals surface area contributed by atoms with Crippen LogP contribution in [0.25, 0.3) is 22.2 Å². The molecule has 0 radical (unpaired) electrons. The number of hydrogen-bond acceptors (Lipinski definition) is 7. The summed E-state index contributed by atoms with van der Waals surface area (Å²) in [7, 11) is 0. The van der Waals surface area contributed by atoms with Crippen molar-refractivity contribution in [2.45, 2.75) is 44.6 Å². The summed E-state index contributed by atoms with van der Waals surface area (Å²) in [6.07, 6.45) is 8.45. The molecular formula is C24H27N5O5. The van der Waals surface area contributed by atoms with E-state index in [-0.39, 0.29) is 18.1 Å². The first kappa shape index (κ1) is 22.3. The van der Waals surface area contributed by atoms with Gasteiger partial charge in [0.1, 0.15) is 0 Å². The lowest BCUT2D eigenvalue weighted by Crippen LogP contribution is -2.21. The number of fused-ring (bicyclic) bond motifs is 1. The highest BCUT2D eigenvalue weighted by atomic mass is 16.6. The lowest BCUT2D eigenvalue weighted by molar-refractivity contribution is -0.422. The Labute approximate surface area is 196 Å². The molecule has 178 valence electrons. The number of benzene rings is 2. The Kier molecular flexibility index (Phi) is 5.91. The van der Waals surface area contributed by atoms with Crippen molar-refractivity contribution in [1.29, 1.82) is 0 Å². The maximum Gasteiger partial charge on any atom is 0.353 e. The van der Waals surface area contributed by atoms with Crippen molar-refractivity contribution in [1.82, 2.24) is 9.55 Å². The Bertz CT molecular complexity index is 1250. The summed E-state index contributed by atoms with van der Waals surface area (Å²) in [5.74, 6) is 0.0813. The molecule has 5 rings (SSSR count). The molecule has 2 fully saturated rings. The minimum absolute atomic E-state index is 0.0404. The smallest absolute Gasteiger partial charge is 0.353 e. The summed E-state index contributed by atoms with van der Waals surface area (Å²) >= 11 is 0. The Morgan fingerprint density at radius 1 is 1.03 bits per heavy atom. The van der Waals surface area contributed by atoms with Crippen LogP contribution in [0, 0.1) is 26.1 Å². The van der Waals surface area contributed by atoms with E-state index in [2.05, 4.69) is 9.55 Å². The molecule has 1 saturated heterocycles. The highest BCUT2D eigenvalue weighted by molar-refractivity contribution is 5.89. The van der Waals surface area contributed by atoms with E-state index < -0.39 is 21.2 Å². The van der Waals surface area contributed by atoms with Gasteiger partial charge in [-0.1, -0.05) is 25.3 Å². The van der Waals surface area contributed by atoms with Crippen LogP contribution in [0.5, 0.6) is 0 Å². The van der Waals surface area contributed by atoms with Crippen molar-refractivity contribution >= 4 is 28.1 Å². The van der Waals surface area contributed by atoms with Gasteiger partial charge >= 0.3 is 11.4 Å². The molecule has 3 aromatic rings. The standard InChI is InChI=1S/C24H27N5O5/c30-14-16-8-9-26(13-16)19-11-20(24(29(33)34)23(12-19)28(31)32)17-6-7-22-21(10-17)25-15-27(22)18-4-2-1-3-5-18/h6-7,10-12,15-16,18,30H,1-5,8-9,13-14H2. The molecule has 1 aliphatic heterocycles. The van der Waals surface area contributed by atoms with Crippen LogP contribution in [-0.4, -0.2) is 44.2 Å². The minimum atomic E-state index is -0.693. The second kappa shape index (κ2) is 9.02. The first-order valence-corrected chi connectivity index (χ1v) is 11.8. The molecule has 2 aliphatic rings. The van der Waals surface area contributed by atoms with E-state index in [0.717, 1.165) is 24.8 Å². The van der Waals surface area contributed by atoms with Crippen LogP contribution in [0.1, 0.15) is 44.6 Å². The van der Waals surface area contributed by atoms with E-state index in [1.165, 1.54) is 25.3 Å². The molecule has 1 aromatic heterocycles. The van der Waals surface area contributed by atoms with Crippen LogP contribution in [-0.2, 0) is 0 Å². The number of rotatable bonds is 6. The van der Waals surface area contributed by atoms with Gasteiger partial charge in [-0.15, -0.1) is 0 Å². The number of anilines is 1. The molecule has 10 nitrogen and oxygen atoms in total. The Morgan fingerprint density at radius 3 is 2.50 bits per heavy atom. The fourth-order valence-corrected chi connectivity index (χ4v) is 5.40. The molecule has 10 heteroatoms. The van der Waals surface area contributed by atoms with E-state index in [1.54, 1.807) is 18.2 Å². The van der Waals surface area contributed by atoms with Crippen LogP contribution in [0.15, 0.2) is 36.7 Å². The molecule has 1 aliphatic carbocycles. The van der Waals surface area contributed by atoms with Crippen LogP contribution >= 0.6 is 0 Å². The van der Waals surface area contributed by atoms with Crippen LogP contribution < -0.4 is 4.90 Å². The summed E-state index contributed by atoms with van der Waals surface area (Å²) in [4.78, 5) is 28.9. The normalized spacial score (nSPS) is 19.1. The maximum atomic E-state index is 12.0. The number of nitro groups is 2. The molecule has 34 heavy (non-hydrogen) atoms. The Hall–Kier alpha value is -3.53. The van der Waals surface area contributed by atoms with Crippen LogP contribution in [0.3, 0.4) is 0 Å². The minimum Gasteiger partial charge on any atom is -0.396 e. The lowest BCUT2D eigenvalue weighted by atomic mass is 9.95. The van der Waals surface area contributed by atoms with E-state index in [9.17, 15) is 25.3 Å². The summed E-state index contributed by atoms with van der Waals surface area (Å²) in [5, 5.41) is 33.3. The van der Waals surface area contributed by atoms with Gasteiger partial charge in [-0.25, -0.2) is 4.98 Å². The predicted octanol–water partition coefficient (Wildman–Crippen LogP) is 4.84. The molecule has 1 N–H and O–H groups in total. The summed E-state index contributed by atoms with van der Waals surface area (Å²) < 4.78 is 2.19. The number of aromatic nitrogens is 2. The largest absolute Gasteiger partial charge is 0.396 e. The monoisotopic (exact) mass is 465 g/mol. The van der Waals surface area contributed by atoms with E-state index >= 15 is 0 Å². The Balaban J connectivity index is 1.61. The molecule has 1 unspecified atom stereocenters. The molecular weight excluding hydrogens is 438 g/mol. The summed E-state index contributed by atoms with van der Waals surface area (Å²) in [5.41, 5.74) is 1.92. The first-order chi connectivity index (χ1) is 16.5. The number of aliphatic hydroxyl groups is 1. The number of imidazole rings is 1. The summed E-state index contributed by atoms with van der Waals surface area (Å²) in [6.45, 7) is 1.22. The fourth-order valence-electron chi connectivity index (χ4n) is 5.40. The van der Waals surface area contributed by atoms with Crippen molar-refractivity contribution in [3.05, 3.63) is 56.9 Å². The van der Waals surface area contributed by atoms with Crippen molar-refractivity contribution < 1.29 is 15.0 Å². The SMILES string of the molecule is O=[N+]([O-])c1cc(N2CCC(CO)C2)cc(-c2ccc3c(c2)ncn3C2CCCCC2)c1[N+](=O)[O-].